The molecule has 0 fully saturated rings. The molecule has 1 aromatic rings. The zero-order valence-electron chi connectivity index (χ0n) is 20.7. The SMILES string of the molecule is CC(NC(=O)C(CCCN=C(N)N)NC(=O)C(N)C(C)C)C(=O)NC(Cc1ccc(O)cc1)C(=O)O. The molecule has 0 aliphatic carbocycles. The topological polar surface area (TPSA) is 235 Å². The zero-order valence-corrected chi connectivity index (χ0v) is 20.7. The number of aliphatic carboxylic acids is 1. The Bertz CT molecular complexity index is 931. The van der Waals surface area contributed by atoms with E-state index in [1.807, 2.05) is 0 Å². The molecule has 0 bridgehead atoms. The minimum Gasteiger partial charge on any atom is -0.508 e. The van der Waals surface area contributed by atoms with Crippen molar-refractivity contribution < 1.29 is 29.4 Å². The molecule has 200 valence electrons. The monoisotopic (exact) mass is 507 g/mol. The smallest absolute Gasteiger partial charge is 0.326 e. The summed E-state index contributed by atoms with van der Waals surface area (Å²) in [5.74, 6) is -3.39. The Morgan fingerprint density at radius 3 is 2.03 bits per heavy atom. The molecule has 3 amide bonds. The second kappa shape index (κ2) is 14.5. The van der Waals surface area contributed by atoms with Crippen LogP contribution in [-0.2, 0) is 25.6 Å². The molecule has 0 spiro atoms. The average molecular weight is 508 g/mol. The summed E-state index contributed by atoms with van der Waals surface area (Å²) in [4.78, 5) is 53.4. The van der Waals surface area contributed by atoms with Crippen molar-refractivity contribution in [2.75, 3.05) is 6.54 Å². The number of guanidine groups is 1. The third-order valence-electron chi connectivity index (χ3n) is 5.34. The van der Waals surface area contributed by atoms with Crippen LogP contribution < -0.4 is 33.2 Å². The lowest BCUT2D eigenvalue weighted by Gasteiger charge is -2.24. The molecule has 0 radical (unpaired) electrons. The number of aromatic hydroxyl groups is 1. The second-order valence-electron chi connectivity index (χ2n) is 8.78. The summed E-state index contributed by atoms with van der Waals surface area (Å²) in [6, 6.07) is 1.68. The number of hydrogen-bond acceptors (Lipinski definition) is 7. The summed E-state index contributed by atoms with van der Waals surface area (Å²) in [7, 11) is 0. The van der Waals surface area contributed by atoms with E-state index in [1.54, 1.807) is 26.0 Å². The Kier molecular flexibility index (Phi) is 12.2. The number of benzene rings is 1. The van der Waals surface area contributed by atoms with Crippen LogP contribution >= 0.6 is 0 Å². The van der Waals surface area contributed by atoms with E-state index in [9.17, 15) is 29.4 Å². The van der Waals surface area contributed by atoms with Gasteiger partial charge in [-0.15, -0.1) is 0 Å². The zero-order chi connectivity index (χ0) is 27.4. The first-order chi connectivity index (χ1) is 16.8. The molecule has 4 atom stereocenters. The summed E-state index contributed by atoms with van der Waals surface area (Å²) in [5.41, 5.74) is 17.1. The molecule has 36 heavy (non-hydrogen) atoms. The van der Waals surface area contributed by atoms with Gasteiger partial charge < -0.3 is 43.4 Å². The van der Waals surface area contributed by atoms with Crippen molar-refractivity contribution in [2.45, 2.75) is 64.2 Å². The van der Waals surface area contributed by atoms with Gasteiger partial charge in [0, 0.05) is 13.0 Å². The van der Waals surface area contributed by atoms with Gasteiger partial charge in [0.1, 0.15) is 23.9 Å². The van der Waals surface area contributed by atoms with E-state index in [4.69, 9.17) is 17.2 Å². The summed E-state index contributed by atoms with van der Waals surface area (Å²) in [6.45, 7) is 5.15. The Balaban J connectivity index is 2.83. The van der Waals surface area contributed by atoms with Crippen molar-refractivity contribution in [1.29, 1.82) is 0 Å². The van der Waals surface area contributed by atoms with Crippen molar-refractivity contribution >= 4 is 29.7 Å². The minimum atomic E-state index is -1.26. The van der Waals surface area contributed by atoms with Crippen LogP contribution in [-0.4, -0.2) is 70.6 Å². The molecule has 13 nitrogen and oxygen atoms in total. The number of carboxylic acid groups (broad SMARTS) is 1. The Hall–Kier alpha value is -3.87. The first-order valence-electron chi connectivity index (χ1n) is 11.5. The van der Waals surface area contributed by atoms with Crippen LogP contribution in [0.4, 0.5) is 0 Å². The molecular formula is C23H37N7O6. The normalized spacial score (nSPS) is 14.1. The van der Waals surface area contributed by atoms with Gasteiger partial charge in [-0.1, -0.05) is 26.0 Å². The third-order valence-corrected chi connectivity index (χ3v) is 5.34. The van der Waals surface area contributed by atoms with Crippen molar-refractivity contribution in [2.24, 2.45) is 28.1 Å². The van der Waals surface area contributed by atoms with Crippen LogP contribution in [0, 0.1) is 5.92 Å². The van der Waals surface area contributed by atoms with Gasteiger partial charge in [0.2, 0.25) is 17.7 Å². The molecule has 4 unspecified atom stereocenters. The standard InChI is InChI=1S/C23H37N7O6/c1-12(2)18(24)21(34)29-16(5-4-10-27-23(25)26)20(33)28-13(3)19(32)30-17(22(35)36)11-14-6-8-15(31)9-7-14/h6-9,12-13,16-18,31H,4-5,10-11,24H2,1-3H3,(H,28,33)(H,29,34)(H,30,32)(H,35,36)(H4,25,26,27). The summed E-state index contributed by atoms with van der Waals surface area (Å²) >= 11 is 0. The van der Waals surface area contributed by atoms with Crippen LogP contribution in [0.15, 0.2) is 29.3 Å². The molecule has 0 saturated carbocycles. The fraction of sp³-hybridized carbons (Fsp3) is 0.522. The Labute approximate surface area is 209 Å². The maximum Gasteiger partial charge on any atom is 0.326 e. The van der Waals surface area contributed by atoms with Crippen molar-refractivity contribution in [3.63, 3.8) is 0 Å². The Morgan fingerprint density at radius 2 is 1.50 bits per heavy atom. The van der Waals surface area contributed by atoms with Gasteiger partial charge >= 0.3 is 5.97 Å². The number of phenols is 1. The van der Waals surface area contributed by atoms with Gasteiger partial charge in [-0.2, -0.15) is 0 Å². The van der Waals surface area contributed by atoms with E-state index >= 15 is 0 Å². The Morgan fingerprint density at radius 1 is 0.917 bits per heavy atom. The number of carbonyl (C=O) groups excluding carboxylic acids is 3. The van der Waals surface area contributed by atoms with Crippen LogP contribution in [0.25, 0.3) is 0 Å². The molecule has 0 aliphatic rings. The fourth-order valence-electron chi connectivity index (χ4n) is 3.09. The minimum absolute atomic E-state index is 0.0280. The fourth-order valence-corrected chi connectivity index (χ4v) is 3.09. The lowest BCUT2D eigenvalue weighted by Crippen LogP contribution is -2.57. The van der Waals surface area contributed by atoms with Crippen LogP contribution in [0.2, 0.25) is 0 Å². The number of nitrogens with two attached hydrogens (primary N) is 3. The van der Waals surface area contributed by atoms with Crippen molar-refractivity contribution in [3.05, 3.63) is 29.8 Å². The van der Waals surface area contributed by atoms with Crippen LogP contribution in [0.3, 0.4) is 0 Å². The number of carbonyl (C=O) groups is 4. The van der Waals surface area contributed by atoms with Gasteiger partial charge in [-0.05, 0) is 43.4 Å². The highest BCUT2D eigenvalue weighted by Crippen LogP contribution is 2.11. The molecule has 11 N–H and O–H groups in total. The number of nitrogens with one attached hydrogen (secondary N) is 3. The quantitative estimate of drug-likeness (QED) is 0.0832. The van der Waals surface area contributed by atoms with Gasteiger partial charge in [0.25, 0.3) is 0 Å². The number of carboxylic acids is 1. The molecule has 0 aliphatic heterocycles. The molecule has 13 heteroatoms. The number of phenolic OH excluding ortho intramolecular Hbond substituents is 1. The lowest BCUT2D eigenvalue weighted by molar-refractivity contribution is -0.142. The average Bonchev–Trinajstić information content (AvgIpc) is 2.80. The maximum absolute atomic E-state index is 12.9. The number of hydrogen-bond donors (Lipinski definition) is 8. The molecule has 0 aromatic heterocycles. The summed E-state index contributed by atoms with van der Waals surface area (Å²) in [5, 5.41) is 26.4. The molecule has 1 aromatic carbocycles. The van der Waals surface area contributed by atoms with Gasteiger partial charge in [-0.25, -0.2) is 4.79 Å². The second-order valence-corrected chi connectivity index (χ2v) is 8.78. The van der Waals surface area contributed by atoms with Crippen LogP contribution in [0.5, 0.6) is 5.75 Å². The summed E-state index contributed by atoms with van der Waals surface area (Å²) in [6.07, 6.45) is 0.506. The van der Waals surface area contributed by atoms with Crippen molar-refractivity contribution in [3.8, 4) is 5.75 Å². The van der Waals surface area contributed by atoms with Gasteiger partial charge in [0.15, 0.2) is 5.96 Å². The van der Waals surface area contributed by atoms with Gasteiger partial charge in [0.05, 0.1) is 6.04 Å². The largest absolute Gasteiger partial charge is 0.508 e. The first-order valence-corrected chi connectivity index (χ1v) is 11.5. The highest BCUT2D eigenvalue weighted by Gasteiger charge is 2.28. The number of rotatable bonds is 14. The van der Waals surface area contributed by atoms with E-state index in [2.05, 4.69) is 20.9 Å². The highest BCUT2D eigenvalue weighted by molar-refractivity contribution is 5.94. The third kappa shape index (κ3) is 10.6. The maximum atomic E-state index is 12.9. The molecule has 0 saturated heterocycles. The van der Waals surface area contributed by atoms with E-state index in [0.29, 0.717) is 12.0 Å². The highest BCUT2D eigenvalue weighted by atomic mass is 16.4. The molecular weight excluding hydrogens is 470 g/mol. The lowest BCUT2D eigenvalue weighted by atomic mass is 10.0. The summed E-state index contributed by atoms with van der Waals surface area (Å²) < 4.78 is 0. The molecule has 0 heterocycles. The van der Waals surface area contributed by atoms with Crippen molar-refractivity contribution in [1.82, 2.24) is 16.0 Å². The first kappa shape index (κ1) is 30.2. The number of aliphatic imine (C=N–C) groups is 1. The van der Waals surface area contributed by atoms with E-state index in [1.165, 1.54) is 19.1 Å². The van der Waals surface area contributed by atoms with E-state index < -0.39 is 47.9 Å². The van der Waals surface area contributed by atoms with E-state index in [-0.39, 0.29) is 37.0 Å². The predicted octanol–water partition coefficient (Wildman–Crippen LogP) is -1.47. The van der Waals surface area contributed by atoms with E-state index in [0.717, 1.165) is 0 Å². The number of amides is 3. The molecule has 1 rings (SSSR count). The number of nitrogens with zero attached hydrogens (tertiary/aromatic N) is 1. The van der Waals surface area contributed by atoms with Crippen LogP contribution in [0.1, 0.15) is 39.2 Å². The predicted molar refractivity (Wildman–Crippen MR) is 134 cm³/mol. The van der Waals surface area contributed by atoms with Gasteiger partial charge in [-0.3, -0.25) is 19.4 Å².